The predicted octanol–water partition coefficient (Wildman–Crippen LogP) is 6.97. The van der Waals surface area contributed by atoms with Gasteiger partial charge in [-0.05, 0) is 48.0 Å². The molecule has 1 heterocycles. The number of hydrogen-bond donors (Lipinski definition) is 0. The van der Waals surface area contributed by atoms with Gasteiger partial charge in [0.15, 0.2) is 11.6 Å². The standard InChI is InChI=1S/C21H10Cl3F2NO2S/c22-12-2-4-14-19(8-12)27-10-20(21(14)11-1-6-17(25)18(26)7-11)30(28,29)13-3-5-15(23)16(24)9-13/h1-10H. The Morgan fingerprint density at radius 3 is 2.27 bits per heavy atom. The molecule has 0 saturated heterocycles. The summed E-state index contributed by atoms with van der Waals surface area (Å²) >= 11 is 17.9. The summed E-state index contributed by atoms with van der Waals surface area (Å²) in [6.45, 7) is 0. The first kappa shape index (κ1) is 21.0. The van der Waals surface area contributed by atoms with E-state index in [-0.39, 0.29) is 31.0 Å². The fourth-order valence-corrected chi connectivity index (χ4v) is 5.06. The number of halogens is 5. The average Bonchev–Trinajstić information content (AvgIpc) is 2.71. The third-order valence-corrected chi connectivity index (χ3v) is 7.23. The Hall–Kier alpha value is -2.25. The van der Waals surface area contributed by atoms with Crippen LogP contribution in [-0.2, 0) is 9.84 Å². The molecule has 0 aliphatic heterocycles. The lowest BCUT2D eigenvalue weighted by Gasteiger charge is -2.14. The van der Waals surface area contributed by atoms with E-state index in [1.54, 1.807) is 18.2 Å². The van der Waals surface area contributed by atoms with Gasteiger partial charge < -0.3 is 0 Å². The van der Waals surface area contributed by atoms with E-state index in [9.17, 15) is 17.2 Å². The lowest BCUT2D eigenvalue weighted by atomic mass is 10.0. The van der Waals surface area contributed by atoms with Gasteiger partial charge in [0.05, 0.1) is 25.4 Å². The van der Waals surface area contributed by atoms with E-state index in [4.69, 9.17) is 34.8 Å². The van der Waals surface area contributed by atoms with Crippen LogP contribution in [0.15, 0.2) is 70.6 Å². The second kappa shape index (κ2) is 7.78. The van der Waals surface area contributed by atoms with Crippen LogP contribution < -0.4 is 0 Å². The zero-order valence-electron chi connectivity index (χ0n) is 14.8. The normalized spacial score (nSPS) is 11.8. The summed E-state index contributed by atoms with van der Waals surface area (Å²) in [6, 6.07) is 11.8. The second-order valence-electron chi connectivity index (χ2n) is 6.37. The van der Waals surface area contributed by atoms with Crippen molar-refractivity contribution in [2.75, 3.05) is 0 Å². The molecule has 0 unspecified atom stereocenters. The van der Waals surface area contributed by atoms with Crippen LogP contribution in [0.25, 0.3) is 22.0 Å². The fraction of sp³-hybridized carbons (Fsp3) is 0. The number of pyridine rings is 1. The van der Waals surface area contributed by atoms with E-state index < -0.39 is 21.5 Å². The van der Waals surface area contributed by atoms with Crippen molar-refractivity contribution in [3.63, 3.8) is 0 Å². The molecule has 152 valence electrons. The molecular formula is C21H10Cl3F2NO2S. The van der Waals surface area contributed by atoms with Gasteiger partial charge in [0.1, 0.15) is 0 Å². The highest BCUT2D eigenvalue weighted by Crippen LogP contribution is 2.38. The molecule has 0 aliphatic carbocycles. The molecule has 0 fully saturated rings. The molecule has 1 aromatic heterocycles. The summed E-state index contributed by atoms with van der Waals surface area (Å²) in [7, 11) is -4.14. The van der Waals surface area contributed by atoms with Crippen molar-refractivity contribution >= 4 is 55.5 Å². The van der Waals surface area contributed by atoms with Crippen LogP contribution in [0.5, 0.6) is 0 Å². The van der Waals surface area contributed by atoms with Gasteiger partial charge in [-0.2, -0.15) is 0 Å². The van der Waals surface area contributed by atoms with Gasteiger partial charge in [0.25, 0.3) is 0 Å². The zero-order valence-corrected chi connectivity index (χ0v) is 17.9. The molecule has 4 rings (SSSR count). The van der Waals surface area contributed by atoms with E-state index in [0.29, 0.717) is 15.9 Å². The quantitative estimate of drug-likeness (QED) is 0.315. The molecule has 0 N–H and O–H groups in total. The monoisotopic (exact) mass is 483 g/mol. The Morgan fingerprint density at radius 1 is 0.800 bits per heavy atom. The van der Waals surface area contributed by atoms with Gasteiger partial charge in [-0.3, -0.25) is 4.98 Å². The Kier molecular flexibility index (Phi) is 5.45. The van der Waals surface area contributed by atoms with Crippen molar-refractivity contribution < 1.29 is 17.2 Å². The number of benzene rings is 3. The Bertz CT molecular complexity index is 1430. The molecule has 0 amide bonds. The summed E-state index contributed by atoms with van der Waals surface area (Å²) < 4.78 is 54.3. The maximum atomic E-state index is 14.0. The molecule has 3 nitrogen and oxygen atoms in total. The van der Waals surface area contributed by atoms with Crippen molar-refractivity contribution in [2.45, 2.75) is 9.79 Å². The van der Waals surface area contributed by atoms with Gasteiger partial charge in [-0.25, -0.2) is 17.2 Å². The highest BCUT2D eigenvalue weighted by atomic mass is 35.5. The number of hydrogen-bond acceptors (Lipinski definition) is 3. The molecule has 0 spiro atoms. The minimum atomic E-state index is -4.14. The Morgan fingerprint density at radius 2 is 1.57 bits per heavy atom. The Balaban J connectivity index is 2.08. The van der Waals surface area contributed by atoms with Gasteiger partial charge in [0.2, 0.25) is 9.84 Å². The summed E-state index contributed by atoms with van der Waals surface area (Å²) in [5.74, 6) is -2.15. The number of aromatic nitrogens is 1. The maximum absolute atomic E-state index is 14.0. The topological polar surface area (TPSA) is 47.0 Å². The molecule has 4 aromatic rings. The Labute approximate surface area is 185 Å². The van der Waals surface area contributed by atoms with Crippen molar-refractivity contribution in [2.24, 2.45) is 0 Å². The largest absolute Gasteiger partial charge is 0.255 e. The average molecular weight is 485 g/mol. The molecule has 9 heteroatoms. The second-order valence-corrected chi connectivity index (χ2v) is 9.54. The van der Waals surface area contributed by atoms with Crippen molar-refractivity contribution in [3.05, 3.63) is 87.5 Å². The minimum Gasteiger partial charge on any atom is -0.255 e. The zero-order chi connectivity index (χ0) is 21.6. The SMILES string of the molecule is O=S(=O)(c1ccc(Cl)c(Cl)c1)c1cnc2cc(Cl)ccc2c1-c1ccc(F)c(F)c1. The van der Waals surface area contributed by atoms with Crippen LogP contribution in [0.1, 0.15) is 0 Å². The number of nitrogens with zero attached hydrogens (tertiary/aromatic N) is 1. The first-order valence-electron chi connectivity index (χ1n) is 8.42. The van der Waals surface area contributed by atoms with E-state index >= 15 is 0 Å². The van der Waals surface area contributed by atoms with Gasteiger partial charge in [-0.15, -0.1) is 0 Å². The highest BCUT2D eigenvalue weighted by Gasteiger charge is 2.26. The first-order valence-corrected chi connectivity index (χ1v) is 11.0. The summed E-state index contributed by atoms with van der Waals surface area (Å²) in [4.78, 5) is 3.90. The van der Waals surface area contributed by atoms with Gasteiger partial charge in [-0.1, -0.05) is 46.9 Å². The van der Waals surface area contributed by atoms with Crippen LogP contribution in [0.4, 0.5) is 8.78 Å². The summed E-state index contributed by atoms with van der Waals surface area (Å²) in [5, 5.41) is 1.06. The van der Waals surface area contributed by atoms with E-state index in [1.165, 1.54) is 24.3 Å². The first-order chi connectivity index (χ1) is 14.2. The molecule has 0 radical (unpaired) electrons. The third-order valence-electron chi connectivity index (χ3n) is 4.50. The summed E-state index contributed by atoms with van der Waals surface area (Å²) in [5.41, 5.74) is 0.735. The van der Waals surface area contributed by atoms with Crippen molar-refractivity contribution in [3.8, 4) is 11.1 Å². The molecule has 0 atom stereocenters. The third kappa shape index (κ3) is 3.65. The number of fused-ring (bicyclic) bond motifs is 1. The molecule has 30 heavy (non-hydrogen) atoms. The van der Waals surface area contributed by atoms with E-state index in [2.05, 4.69) is 4.98 Å². The molecule has 0 aliphatic rings. The lowest BCUT2D eigenvalue weighted by Crippen LogP contribution is -2.06. The molecule has 0 bridgehead atoms. The molecule has 0 saturated carbocycles. The van der Waals surface area contributed by atoms with Crippen molar-refractivity contribution in [1.29, 1.82) is 0 Å². The predicted molar refractivity (Wildman–Crippen MR) is 114 cm³/mol. The molecule has 3 aromatic carbocycles. The lowest BCUT2D eigenvalue weighted by molar-refractivity contribution is 0.509. The number of rotatable bonds is 3. The fourth-order valence-electron chi connectivity index (χ4n) is 3.07. The van der Waals surface area contributed by atoms with Crippen LogP contribution in [0, 0.1) is 11.6 Å². The van der Waals surface area contributed by atoms with Crippen LogP contribution in [-0.4, -0.2) is 13.4 Å². The maximum Gasteiger partial charge on any atom is 0.208 e. The number of sulfone groups is 1. The van der Waals surface area contributed by atoms with Crippen LogP contribution >= 0.6 is 34.8 Å². The highest BCUT2D eigenvalue weighted by molar-refractivity contribution is 7.91. The van der Waals surface area contributed by atoms with E-state index in [0.717, 1.165) is 18.3 Å². The summed E-state index contributed by atoms with van der Waals surface area (Å²) in [6.07, 6.45) is 1.16. The van der Waals surface area contributed by atoms with Crippen LogP contribution in [0.2, 0.25) is 15.1 Å². The smallest absolute Gasteiger partial charge is 0.208 e. The molecular weight excluding hydrogens is 475 g/mol. The van der Waals surface area contributed by atoms with E-state index in [1.807, 2.05) is 0 Å². The van der Waals surface area contributed by atoms with Gasteiger partial charge >= 0.3 is 0 Å². The van der Waals surface area contributed by atoms with Crippen LogP contribution in [0.3, 0.4) is 0 Å². The van der Waals surface area contributed by atoms with Gasteiger partial charge in [0, 0.05) is 22.2 Å². The minimum absolute atomic E-state index is 0.0626. The van der Waals surface area contributed by atoms with Crippen molar-refractivity contribution in [1.82, 2.24) is 4.98 Å².